The highest BCUT2D eigenvalue weighted by molar-refractivity contribution is 7.92. The molecule has 7 nitrogen and oxygen atoms in total. The van der Waals surface area contributed by atoms with Crippen molar-refractivity contribution in [3.05, 3.63) is 63.6 Å². The zero-order valence-electron chi connectivity index (χ0n) is 19.1. The van der Waals surface area contributed by atoms with E-state index >= 15 is 0 Å². The first kappa shape index (κ1) is 27.0. The molecule has 2 aromatic carbocycles. The van der Waals surface area contributed by atoms with Gasteiger partial charge in [0.1, 0.15) is 12.6 Å². The van der Waals surface area contributed by atoms with Gasteiger partial charge >= 0.3 is 0 Å². The lowest BCUT2D eigenvalue weighted by Crippen LogP contribution is -2.52. The molecule has 0 saturated carbocycles. The molecule has 1 atom stereocenters. The maximum atomic E-state index is 13.5. The maximum Gasteiger partial charge on any atom is 0.244 e. The second kappa shape index (κ2) is 11.7. The first-order chi connectivity index (χ1) is 15.5. The second-order valence-electron chi connectivity index (χ2n) is 7.72. The van der Waals surface area contributed by atoms with E-state index in [9.17, 15) is 18.0 Å². The molecule has 2 aromatic rings. The smallest absolute Gasteiger partial charge is 0.244 e. The van der Waals surface area contributed by atoms with Crippen molar-refractivity contribution in [1.29, 1.82) is 0 Å². The van der Waals surface area contributed by atoms with Gasteiger partial charge in [-0.2, -0.15) is 0 Å². The van der Waals surface area contributed by atoms with Crippen molar-refractivity contribution in [2.24, 2.45) is 0 Å². The Hall–Kier alpha value is -2.29. The summed E-state index contributed by atoms with van der Waals surface area (Å²) >= 11 is 12.1. The topological polar surface area (TPSA) is 86.8 Å². The van der Waals surface area contributed by atoms with E-state index < -0.39 is 28.5 Å². The number of nitrogens with one attached hydrogen (secondary N) is 1. The normalized spacial score (nSPS) is 12.2. The largest absolute Gasteiger partial charge is 0.355 e. The standard InChI is InChI=1S/C23H29Cl2N3O4S/c1-5-21(23(30)26-6-2)27(14-17-9-7-16(3)8-10-17)22(29)15-28(33(4,31)32)20-12-18(24)11-19(25)13-20/h7-13,21H,5-6,14-15H2,1-4H3,(H,26,30). The average Bonchev–Trinajstić information content (AvgIpc) is 2.71. The molecule has 0 aromatic heterocycles. The van der Waals surface area contributed by atoms with Gasteiger partial charge in [0.25, 0.3) is 0 Å². The number of likely N-dealkylation sites (N-methyl/N-ethyl adjacent to an activating group) is 1. The third-order valence-electron chi connectivity index (χ3n) is 5.02. The Kier molecular flexibility index (Phi) is 9.57. The van der Waals surface area contributed by atoms with E-state index in [0.29, 0.717) is 13.0 Å². The molecule has 10 heteroatoms. The molecule has 2 amide bonds. The van der Waals surface area contributed by atoms with Gasteiger partial charge in [-0.25, -0.2) is 8.42 Å². The Morgan fingerprint density at radius 3 is 2.09 bits per heavy atom. The molecule has 1 unspecified atom stereocenters. The lowest BCUT2D eigenvalue weighted by atomic mass is 10.1. The second-order valence-corrected chi connectivity index (χ2v) is 10.5. The molecular formula is C23H29Cl2N3O4S. The summed E-state index contributed by atoms with van der Waals surface area (Å²) in [6.45, 7) is 5.63. The van der Waals surface area contributed by atoms with Crippen molar-refractivity contribution in [3.63, 3.8) is 0 Å². The highest BCUT2D eigenvalue weighted by atomic mass is 35.5. The Labute approximate surface area is 205 Å². The van der Waals surface area contributed by atoms with Gasteiger partial charge < -0.3 is 10.2 Å². The predicted octanol–water partition coefficient (Wildman–Crippen LogP) is 4.01. The Bertz CT molecular complexity index is 1070. The summed E-state index contributed by atoms with van der Waals surface area (Å²) in [5.41, 5.74) is 2.06. The maximum absolute atomic E-state index is 13.5. The first-order valence-corrected chi connectivity index (χ1v) is 13.1. The fourth-order valence-electron chi connectivity index (χ4n) is 3.40. The molecule has 0 radical (unpaired) electrons. The molecule has 0 aliphatic carbocycles. The van der Waals surface area contributed by atoms with Crippen LogP contribution in [0.2, 0.25) is 10.0 Å². The third kappa shape index (κ3) is 7.62. The minimum Gasteiger partial charge on any atom is -0.355 e. The highest BCUT2D eigenvalue weighted by Gasteiger charge is 2.31. The number of aryl methyl sites for hydroxylation is 1. The number of anilines is 1. The number of benzene rings is 2. The molecule has 2 rings (SSSR count). The predicted molar refractivity (Wildman–Crippen MR) is 133 cm³/mol. The molecule has 0 fully saturated rings. The first-order valence-electron chi connectivity index (χ1n) is 10.5. The van der Waals surface area contributed by atoms with Crippen LogP contribution in [0.5, 0.6) is 0 Å². The molecule has 0 heterocycles. The van der Waals surface area contributed by atoms with Crippen molar-refractivity contribution >= 4 is 50.7 Å². The van der Waals surface area contributed by atoms with Gasteiger partial charge in [0.2, 0.25) is 21.8 Å². The SMILES string of the molecule is CCNC(=O)C(CC)N(Cc1ccc(C)cc1)C(=O)CN(c1cc(Cl)cc(Cl)c1)S(C)(=O)=O. The number of carbonyl (C=O) groups excluding carboxylic acids is 2. The average molecular weight is 514 g/mol. The monoisotopic (exact) mass is 513 g/mol. The molecule has 0 saturated heterocycles. The molecule has 0 aliphatic heterocycles. The molecule has 0 aliphatic rings. The van der Waals surface area contributed by atoms with E-state index in [0.717, 1.165) is 21.7 Å². The Morgan fingerprint density at radius 2 is 1.61 bits per heavy atom. The lowest BCUT2D eigenvalue weighted by Gasteiger charge is -2.32. The van der Waals surface area contributed by atoms with Crippen LogP contribution in [0.15, 0.2) is 42.5 Å². The Balaban J connectivity index is 2.45. The van der Waals surface area contributed by atoms with Gasteiger partial charge in [0, 0.05) is 23.1 Å². The number of hydrogen-bond acceptors (Lipinski definition) is 4. The quantitative estimate of drug-likeness (QED) is 0.519. The van der Waals surface area contributed by atoms with Gasteiger partial charge in [-0.15, -0.1) is 0 Å². The minimum absolute atomic E-state index is 0.155. The van der Waals surface area contributed by atoms with Crippen molar-refractivity contribution in [2.75, 3.05) is 23.7 Å². The zero-order valence-corrected chi connectivity index (χ0v) is 21.5. The lowest BCUT2D eigenvalue weighted by molar-refractivity contribution is -0.140. The summed E-state index contributed by atoms with van der Waals surface area (Å²) in [5, 5.41) is 3.24. The van der Waals surface area contributed by atoms with Crippen molar-refractivity contribution < 1.29 is 18.0 Å². The summed E-state index contributed by atoms with van der Waals surface area (Å²) in [5.74, 6) is -0.813. The van der Waals surface area contributed by atoms with Crippen molar-refractivity contribution in [3.8, 4) is 0 Å². The molecule has 0 spiro atoms. The summed E-state index contributed by atoms with van der Waals surface area (Å²) in [6.07, 6.45) is 1.37. The molecule has 33 heavy (non-hydrogen) atoms. The van der Waals surface area contributed by atoms with Crippen LogP contribution in [0.4, 0.5) is 5.69 Å². The van der Waals surface area contributed by atoms with E-state index in [1.807, 2.05) is 31.2 Å². The van der Waals surface area contributed by atoms with Crippen LogP contribution >= 0.6 is 23.2 Å². The number of nitrogens with zero attached hydrogens (tertiary/aromatic N) is 2. The summed E-state index contributed by atoms with van der Waals surface area (Å²) < 4.78 is 26.1. The molecule has 0 bridgehead atoms. The Morgan fingerprint density at radius 1 is 1.03 bits per heavy atom. The van der Waals surface area contributed by atoms with Gasteiger partial charge in [0.05, 0.1) is 11.9 Å². The molecule has 180 valence electrons. The minimum atomic E-state index is -3.85. The zero-order chi connectivity index (χ0) is 24.8. The van der Waals surface area contributed by atoms with Gasteiger partial charge in [-0.1, -0.05) is 60.0 Å². The van der Waals surface area contributed by atoms with E-state index in [2.05, 4.69) is 5.32 Å². The summed E-state index contributed by atoms with van der Waals surface area (Å²) in [7, 11) is -3.85. The highest BCUT2D eigenvalue weighted by Crippen LogP contribution is 2.27. The number of sulfonamides is 1. The van der Waals surface area contributed by atoms with Crippen LogP contribution in [0, 0.1) is 6.92 Å². The fraction of sp³-hybridized carbons (Fsp3) is 0.391. The van der Waals surface area contributed by atoms with Crippen LogP contribution in [0.3, 0.4) is 0 Å². The van der Waals surface area contributed by atoms with Crippen LogP contribution in [-0.4, -0.2) is 50.5 Å². The number of amides is 2. The van der Waals surface area contributed by atoms with Gasteiger partial charge in [-0.05, 0) is 44.0 Å². The molecule has 1 N–H and O–H groups in total. The van der Waals surface area contributed by atoms with Crippen LogP contribution < -0.4 is 9.62 Å². The van der Waals surface area contributed by atoms with E-state index in [1.54, 1.807) is 13.8 Å². The van der Waals surface area contributed by atoms with Gasteiger partial charge in [0.15, 0.2) is 0 Å². The van der Waals surface area contributed by atoms with E-state index in [1.165, 1.54) is 23.1 Å². The third-order valence-corrected chi connectivity index (χ3v) is 6.60. The number of carbonyl (C=O) groups is 2. The van der Waals surface area contributed by atoms with Crippen molar-refractivity contribution in [1.82, 2.24) is 10.2 Å². The van der Waals surface area contributed by atoms with Crippen LogP contribution in [0.25, 0.3) is 0 Å². The van der Waals surface area contributed by atoms with E-state index in [-0.39, 0.29) is 28.2 Å². The number of halogens is 2. The van der Waals surface area contributed by atoms with Crippen LogP contribution in [-0.2, 0) is 26.2 Å². The van der Waals surface area contributed by atoms with E-state index in [4.69, 9.17) is 23.2 Å². The summed E-state index contributed by atoms with van der Waals surface area (Å²) in [4.78, 5) is 27.6. The number of hydrogen-bond donors (Lipinski definition) is 1. The van der Waals surface area contributed by atoms with Crippen LogP contribution in [0.1, 0.15) is 31.4 Å². The van der Waals surface area contributed by atoms with Crippen molar-refractivity contribution in [2.45, 2.75) is 39.8 Å². The van der Waals surface area contributed by atoms with Gasteiger partial charge in [-0.3, -0.25) is 13.9 Å². The summed E-state index contributed by atoms with van der Waals surface area (Å²) in [6, 6.07) is 11.2. The number of rotatable bonds is 10. The molecular weight excluding hydrogens is 485 g/mol. The fourth-order valence-corrected chi connectivity index (χ4v) is 4.75.